The molecule has 19 heavy (non-hydrogen) atoms. The van der Waals surface area contributed by atoms with Crippen LogP contribution in [-0.4, -0.2) is 49.6 Å². The molecule has 114 valence electrons. The zero-order valence-electron chi connectivity index (χ0n) is 13.4. The van der Waals surface area contributed by atoms with E-state index in [1.807, 2.05) is 34.6 Å². The largest absolute Gasteiger partial charge is 0.640 e. The third kappa shape index (κ3) is 9.41. The lowest BCUT2D eigenvalue weighted by Gasteiger charge is -2.32. The minimum absolute atomic E-state index is 0.108. The first kappa shape index (κ1) is 18.9. The Balaban J connectivity index is 4.46. The van der Waals surface area contributed by atoms with Gasteiger partial charge < -0.3 is 23.8 Å². The monoisotopic (exact) mass is 276 g/mol. The fraction of sp³-hybridized carbons (Fsp3) is 1.00. The Morgan fingerprint density at radius 3 is 2.00 bits per heavy atom. The Kier molecular flexibility index (Phi) is 8.16. The van der Waals surface area contributed by atoms with E-state index in [-0.39, 0.29) is 12.7 Å². The first-order valence-electron chi connectivity index (χ1n) is 6.81. The van der Waals surface area contributed by atoms with Crippen LogP contribution in [-0.2, 0) is 18.7 Å². The van der Waals surface area contributed by atoms with Crippen LogP contribution in [0, 0.1) is 0 Å². The van der Waals surface area contributed by atoms with Crippen molar-refractivity contribution < 1.29 is 23.8 Å². The summed E-state index contributed by atoms with van der Waals surface area (Å²) in [5.74, 6) is 0. The molecule has 1 N–H and O–H groups in total. The Labute approximate surface area is 117 Å². The van der Waals surface area contributed by atoms with Crippen molar-refractivity contribution in [1.29, 1.82) is 0 Å². The van der Waals surface area contributed by atoms with Gasteiger partial charge in [-0.3, -0.25) is 0 Å². The molecule has 0 saturated carbocycles. The van der Waals surface area contributed by atoms with Crippen molar-refractivity contribution in [2.45, 2.75) is 65.8 Å². The molecule has 0 aromatic heterocycles. The van der Waals surface area contributed by atoms with E-state index in [1.54, 1.807) is 13.8 Å². The van der Waals surface area contributed by atoms with Crippen molar-refractivity contribution in [3.8, 4) is 0 Å². The summed E-state index contributed by atoms with van der Waals surface area (Å²) >= 11 is 0. The van der Waals surface area contributed by atoms with Gasteiger partial charge in [0.15, 0.2) is 0 Å². The minimum atomic E-state index is -0.821. The molecule has 0 spiro atoms. The second-order valence-corrected chi connectivity index (χ2v) is 6.02. The second kappa shape index (κ2) is 8.22. The molecule has 0 amide bonds. The molecular weight excluding hydrogens is 247 g/mol. The quantitative estimate of drug-likeness (QED) is 0.619. The van der Waals surface area contributed by atoms with Crippen LogP contribution in [0.3, 0.4) is 0 Å². The zero-order chi connectivity index (χ0) is 15.1. The van der Waals surface area contributed by atoms with Crippen LogP contribution < -0.4 is 0 Å². The molecule has 0 radical (unpaired) electrons. The van der Waals surface area contributed by atoms with Gasteiger partial charge in [0.1, 0.15) is 0 Å². The number of ether oxygens (including phenoxy) is 1. The third-order valence-corrected chi connectivity index (χ3v) is 2.28. The second-order valence-electron chi connectivity index (χ2n) is 6.02. The highest BCUT2D eigenvalue weighted by Crippen LogP contribution is 2.18. The topological polar surface area (TPSA) is 57.2 Å². The van der Waals surface area contributed by atoms with Crippen molar-refractivity contribution >= 4 is 7.32 Å². The summed E-state index contributed by atoms with van der Waals surface area (Å²) in [6.07, 6.45) is 0.142. The third-order valence-electron chi connectivity index (χ3n) is 2.28. The normalized spacial score (nSPS) is 13.1. The van der Waals surface area contributed by atoms with E-state index in [9.17, 15) is 5.11 Å². The average molecular weight is 276 g/mol. The lowest BCUT2D eigenvalue weighted by atomic mass is 10.0. The Morgan fingerprint density at radius 2 is 1.58 bits per heavy atom. The van der Waals surface area contributed by atoms with E-state index >= 15 is 0 Å². The number of rotatable bonds is 10. The first-order valence-corrected chi connectivity index (χ1v) is 6.81. The van der Waals surface area contributed by atoms with Crippen LogP contribution in [0.2, 0.25) is 0 Å². The van der Waals surface area contributed by atoms with Gasteiger partial charge in [-0.1, -0.05) is 0 Å². The maximum absolute atomic E-state index is 9.22. The summed E-state index contributed by atoms with van der Waals surface area (Å²) in [6, 6.07) is 0. The SMILES string of the molecule is CCOB(OC(C)(C)CO)OC(C)(C)COC(C)C. The molecule has 0 heterocycles. The lowest BCUT2D eigenvalue weighted by Crippen LogP contribution is -2.46. The van der Waals surface area contributed by atoms with Gasteiger partial charge in [-0.25, -0.2) is 0 Å². The fourth-order valence-corrected chi connectivity index (χ4v) is 1.19. The molecular formula is C13H29BO5. The van der Waals surface area contributed by atoms with Crippen molar-refractivity contribution in [2.24, 2.45) is 0 Å². The first-order chi connectivity index (χ1) is 8.62. The van der Waals surface area contributed by atoms with Crippen LogP contribution in [0.1, 0.15) is 48.5 Å². The van der Waals surface area contributed by atoms with Crippen LogP contribution in [0.5, 0.6) is 0 Å². The highest BCUT2D eigenvalue weighted by Gasteiger charge is 2.36. The van der Waals surface area contributed by atoms with E-state index in [0.717, 1.165) is 0 Å². The van der Waals surface area contributed by atoms with Crippen molar-refractivity contribution in [1.82, 2.24) is 0 Å². The van der Waals surface area contributed by atoms with E-state index in [1.165, 1.54) is 0 Å². The van der Waals surface area contributed by atoms with Gasteiger partial charge >= 0.3 is 7.32 Å². The summed E-state index contributed by atoms with van der Waals surface area (Å²) < 4.78 is 22.4. The lowest BCUT2D eigenvalue weighted by molar-refractivity contribution is -0.0827. The molecule has 5 nitrogen and oxygen atoms in total. The van der Waals surface area contributed by atoms with Crippen LogP contribution in [0.4, 0.5) is 0 Å². The summed E-state index contributed by atoms with van der Waals surface area (Å²) in [6.45, 7) is 14.0. The summed E-state index contributed by atoms with van der Waals surface area (Å²) in [7, 11) is -0.821. The minimum Gasteiger partial charge on any atom is -0.393 e. The molecule has 0 atom stereocenters. The number of aliphatic hydroxyl groups excluding tert-OH is 1. The summed E-state index contributed by atoms with van der Waals surface area (Å²) in [5.41, 5.74) is -1.25. The predicted octanol–water partition coefficient (Wildman–Crippen LogP) is 2.02. The van der Waals surface area contributed by atoms with Crippen molar-refractivity contribution in [3.63, 3.8) is 0 Å². The average Bonchev–Trinajstić information content (AvgIpc) is 2.26. The molecule has 0 saturated heterocycles. The van der Waals surface area contributed by atoms with Gasteiger partial charge in [0, 0.05) is 6.61 Å². The molecule has 0 unspecified atom stereocenters. The standard InChI is InChI=1S/C13H29BO5/c1-8-17-14(18-12(4,5)9-15)19-13(6,7)10-16-11(2)3/h11,15H,8-10H2,1-7H3. The van der Waals surface area contributed by atoms with E-state index < -0.39 is 18.5 Å². The molecule has 0 bridgehead atoms. The molecule has 6 heteroatoms. The maximum Gasteiger partial charge on any atom is 0.640 e. The molecule has 0 aliphatic rings. The maximum atomic E-state index is 9.22. The highest BCUT2D eigenvalue weighted by molar-refractivity contribution is 6.36. The van der Waals surface area contributed by atoms with Crippen LogP contribution in [0.25, 0.3) is 0 Å². The highest BCUT2D eigenvalue weighted by atomic mass is 16.8. The van der Waals surface area contributed by atoms with E-state index in [4.69, 9.17) is 18.7 Å². The van der Waals surface area contributed by atoms with Crippen LogP contribution in [0.15, 0.2) is 0 Å². The van der Waals surface area contributed by atoms with E-state index in [2.05, 4.69) is 0 Å². The zero-order valence-corrected chi connectivity index (χ0v) is 13.4. The smallest absolute Gasteiger partial charge is 0.393 e. The predicted molar refractivity (Wildman–Crippen MR) is 75.9 cm³/mol. The Bertz CT molecular complexity index is 243. The van der Waals surface area contributed by atoms with Gasteiger partial charge in [0.2, 0.25) is 0 Å². The van der Waals surface area contributed by atoms with Gasteiger partial charge in [-0.15, -0.1) is 0 Å². The molecule has 0 aliphatic heterocycles. The van der Waals surface area contributed by atoms with Crippen molar-refractivity contribution in [2.75, 3.05) is 19.8 Å². The van der Waals surface area contributed by atoms with E-state index in [0.29, 0.717) is 13.2 Å². The summed E-state index contributed by atoms with van der Waals surface area (Å²) in [5, 5.41) is 9.22. The number of hydrogen-bond acceptors (Lipinski definition) is 5. The molecule has 0 aromatic rings. The molecule has 0 fully saturated rings. The van der Waals surface area contributed by atoms with Gasteiger partial charge in [-0.2, -0.15) is 0 Å². The van der Waals surface area contributed by atoms with Crippen molar-refractivity contribution in [3.05, 3.63) is 0 Å². The number of aliphatic hydroxyl groups is 1. The molecule has 0 aromatic carbocycles. The van der Waals surface area contributed by atoms with Gasteiger partial charge in [0.05, 0.1) is 30.5 Å². The Hall–Kier alpha value is -0.135. The van der Waals surface area contributed by atoms with Crippen LogP contribution >= 0.6 is 0 Å². The fourth-order valence-electron chi connectivity index (χ4n) is 1.19. The molecule has 0 rings (SSSR count). The molecule has 0 aliphatic carbocycles. The Morgan fingerprint density at radius 1 is 1.05 bits per heavy atom. The van der Waals surface area contributed by atoms with Gasteiger partial charge in [-0.05, 0) is 48.5 Å². The van der Waals surface area contributed by atoms with Gasteiger partial charge in [0.25, 0.3) is 0 Å². The number of hydrogen-bond donors (Lipinski definition) is 1. The summed E-state index contributed by atoms with van der Waals surface area (Å²) in [4.78, 5) is 0.